The molecule has 3 rings (SSSR count). The van der Waals surface area contributed by atoms with E-state index in [0.29, 0.717) is 12.0 Å². The van der Waals surface area contributed by atoms with E-state index < -0.39 is 11.4 Å². The quantitative estimate of drug-likeness (QED) is 0.907. The van der Waals surface area contributed by atoms with Crippen molar-refractivity contribution in [1.29, 1.82) is 0 Å². The number of carbonyl (C=O) groups excluding carboxylic acids is 1. The van der Waals surface area contributed by atoms with Gasteiger partial charge in [-0.3, -0.25) is 4.79 Å². The second kappa shape index (κ2) is 6.61. The molecule has 0 radical (unpaired) electrons. The van der Waals surface area contributed by atoms with Crippen LogP contribution in [0.2, 0.25) is 0 Å². The summed E-state index contributed by atoms with van der Waals surface area (Å²) < 4.78 is 18.3. The van der Waals surface area contributed by atoms with E-state index in [-0.39, 0.29) is 18.2 Å². The van der Waals surface area contributed by atoms with E-state index >= 15 is 0 Å². The van der Waals surface area contributed by atoms with Crippen molar-refractivity contribution in [2.45, 2.75) is 24.9 Å². The molecule has 5 heteroatoms. The summed E-state index contributed by atoms with van der Waals surface area (Å²) in [6.07, 6.45) is 2.40. The highest BCUT2D eigenvalue weighted by Gasteiger charge is 2.34. The molecule has 0 aromatic heterocycles. The summed E-state index contributed by atoms with van der Waals surface area (Å²) in [6.45, 7) is 0.114. The smallest absolute Gasteiger partial charge is 0.251 e. The summed E-state index contributed by atoms with van der Waals surface area (Å²) in [7, 11) is 1.35. The van der Waals surface area contributed by atoms with Gasteiger partial charge in [0.1, 0.15) is 5.60 Å². The van der Waals surface area contributed by atoms with E-state index in [4.69, 9.17) is 4.74 Å². The molecule has 1 aliphatic carbocycles. The van der Waals surface area contributed by atoms with Crippen molar-refractivity contribution in [1.82, 2.24) is 5.32 Å². The molecule has 1 amide bonds. The molecule has 0 saturated heterocycles. The fourth-order valence-electron chi connectivity index (χ4n) is 3.21. The molecule has 1 aliphatic rings. The highest BCUT2D eigenvalue weighted by Crippen LogP contribution is 2.34. The molecule has 126 valence electrons. The molecule has 0 spiro atoms. The van der Waals surface area contributed by atoms with Gasteiger partial charge in [0, 0.05) is 5.56 Å². The minimum atomic E-state index is -1.07. The number of ether oxygens (including phenoxy) is 1. The fraction of sp³-hybridized carbons (Fsp3) is 0.316. The number of nitrogens with one attached hydrogen (secondary N) is 1. The van der Waals surface area contributed by atoms with E-state index in [2.05, 4.69) is 5.32 Å². The molecule has 4 nitrogen and oxygen atoms in total. The number of methoxy groups -OCH3 is 1. The predicted octanol–water partition coefficient (Wildman–Crippen LogP) is 2.79. The van der Waals surface area contributed by atoms with Gasteiger partial charge >= 0.3 is 0 Å². The maximum absolute atomic E-state index is 13.4. The van der Waals surface area contributed by atoms with Gasteiger partial charge in [-0.2, -0.15) is 0 Å². The Morgan fingerprint density at radius 1 is 1.33 bits per heavy atom. The van der Waals surface area contributed by atoms with Crippen LogP contribution in [0.5, 0.6) is 5.75 Å². The number of hydrogen-bond donors (Lipinski definition) is 2. The molecule has 2 aromatic rings. The number of aliphatic hydroxyl groups is 1. The summed E-state index contributed by atoms with van der Waals surface area (Å²) in [6, 6.07) is 11.7. The first-order valence-corrected chi connectivity index (χ1v) is 7.96. The number of rotatable bonds is 4. The van der Waals surface area contributed by atoms with Gasteiger partial charge in [-0.05, 0) is 48.6 Å². The number of amides is 1. The van der Waals surface area contributed by atoms with Gasteiger partial charge in [-0.1, -0.05) is 24.3 Å². The van der Waals surface area contributed by atoms with Crippen LogP contribution in [0.25, 0.3) is 0 Å². The number of hydrogen-bond acceptors (Lipinski definition) is 3. The molecule has 0 aliphatic heterocycles. The van der Waals surface area contributed by atoms with Gasteiger partial charge in [0.05, 0.1) is 13.7 Å². The number of aryl methyl sites for hydroxylation is 1. The minimum absolute atomic E-state index is 0.0179. The van der Waals surface area contributed by atoms with Crippen LogP contribution in [-0.2, 0) is 12.0 Å². The molecule has 2 aromatic carbocycles. The summed E-state index contributed by atoms with van der Waals surface area (Å²) >= 11 is 0. The van der Waals surface area contributed by atoms with Crippen molar-refractivity contribution in [3.63, 3.8) is 0 Å². The molecule has 1 unspecified atom stereocenters. The van der Waals surface area contributed by atoms with Crippen molar-refractivity contribution in [2.24, 2.45) is 0 Å². The Labute approximate surface area is 140 Å². The van der Waals surface area contributed by atoms with Crippen molar-refractivity contribution < 1.29 is 19.0 Å². The van der Waals surface area contributed by atoms with Crippen molar-refractivity contribution in [3.05, 3.63) is 65.0 Å². The molecule has 0 bridgehead atoms. The number of benzene rings is 2. The Kier molecular flexibility index (Phi) is 4.53. The standard InChI is InChI=1S/C19H20FNO3/c1-24-17-11-14(8-9-16(17)20)18(22)21-12-19(23)10-4-6-13-5-2-3-7-15(13)19/h2-3,5,7-9,11,23H,4,6,10,12H2,1H3,(H,21,22). The van der Waals surface area contributed by atoms with Gasteiger partial charge in [-0.25, -0.2) is 4.39 Å². The highest BCUT2D eigenvalue weighted by molar-refractivity contribution is 5.94. The first-order valence-electron chi connectivity index (χ1n) is 7.96. The van der Waals surface area contributed by atoms with E-state index in [1.54, 1.807) is 0 Å². The lowest BCUT2D eigenvalue weighted by Crippen LogP contribution is -2.43. The molecule has 0 fully saturated rings. The highest BCUT2D eigenvalue weighted by atomic mass is 19.1. The SMILES string of the molecule is COc1cc(C(=O)NCC2(O)CCCc3ccccc32)ccc1F. The first kappa shape index (κ1) is 16.5. The first-order chi connectivity index (χ1) is 11.5. The summed E-state index contributed by atoms with van der Waals surface area (Å²) in [5, 5.41) is 13.7. The second-order valence-corrected chi connectivity index (χ2v) is 6.07. The van der Waals surface area contributed by atoms with E-state index in [0.717, 1.165) is 24.0 Å². The summed E-state index contributed by atoms with van der Waals surface area (Å²) in [5.41, 5.74) is 1.20. The monoisotopic (exact) mass is 329 g/mol. The number of carbonyl (C=O) groups is 1. The predicted molar refractivity (Wildman–Crippen MR) is 88.6 cm³/mol. The second-order valence-electron chi connectivity index (χ2n) is 6.07. The maximum Gasteiger partial charge on any atom is 0.251 e. The number of fused-ring (bicyclic) bond motifs is 1. The van der Waals surface area contributed by atoms with Crippen LogP contribution in [0.4, 0.5) is 4.39 Å². The molecule has 1 atom stereocenters. The van der Waals surface area contributed by atoms with Gasteiger partial charge in [0.2, 0.25) is 0 Å². The largest absolute Gasteiger partial charge is 0.494 e. The summed E-state index contributed by atoms with van der Waals surface area (Å²) in [4.78, 5) is 12.3. The zero-order valence-electron chi connectivity index (χ0n) is 13.5. The maximum atomic E-state index is 13.4. The lowest BCUT2D eigenvalue weighted by molar-refractivity contribution is 0.0189. The molecule has 2 N–H and O–H groups in total. The Hall–Kier alpha value is -2.40. The van der Waals surface area contributed by atoms with Crippen LogP contribution in [0.1, 0.15) is 34.3 Å². The van der Waals surface area contributed by atoms with Crippen LogP contribution < -0.4 is 10.1 Å². The topological polar surface area (TPSA) is 58.6 Å². The third-order valence-corrected chi connectivity index (χ3v) is 4.51. The third kappa shape index (κ3) is 3.12. The van der Waals surface area contributed by atoms with Crippen LogP contribution in [0.15, 0.2) is 42.5 Å². The fourth-order valence-corrected chi connectivity index (χ4v) is 3.21. The zero-order chi connectivity index (χ0) is 17.2. The van der Waals surface area contributed by atoms with Gasteiger partial charge < -0.3 is 15.2 Å². The molecular formula is C19H20FNO3. The average molecular weight is 329 g/mol. The van der Waals surface area contributed by atoms with Gasteiger partial charge in [-0.15, -0.1) is 0 Å². The van der Waals surface area contributed by atoms with Crippen LogP contribution in [-0.4, -0.2) is 24.7 Å². The average Bonchev–Trinajstić information content (AvgIpc) is 2.60. The van der Waals surface area contributed by atoms with E-state index in [1.165, 1.54) is 25.3 Å². The van der Waals surface area contributed by atoms with Crippen LogP contribution in [0, 0.1) is 5.82 Å². The van der Waals surface area contributed by atoms with Gasteiger partial charge in [0.25, 0.3) is 5.91 Å². The van der Waals surface area contributed by atoms with E-state index in [9.17, 15) is 14.3 Å². The van der Waals surface area contributed by atoms with Gasteiger partial charge in [0.15, 0.2) is 11.6 Å². The Morgan fingerprint density at radius 3 is 2.92 bits per heavy atom. The molecule has 0 saturated carbocycles. The normalized spacial score (nSPS) is 19.5. The Morgan fingerprint density at radius 2 is 2.12 bits per heavy atom. The zero-order valence-corrected chi connectivity index (χ0v) is 13.5. The van der Waals surface area contributed by atoms with Crippen molar-refractivity contribution >= 4 is 5.91 Å². The Balaban J connectivity index is 1.75. The molecule has 0 heterocycles. The van der Waals surface area contributed by atoms with Crippen LogP contribution in [0.3, 0.4) is 0 Å². The van der Waals surface area contributed by atoms with E-state index in [1.807, 2.05) is 24.3 Å². The lowest BCUT2D eigenvalue weighted by atomic mass is 9.79. The third-order valence-electron chi connectivity index (χ3n) is 4.51. The summed E-state index contributed by atoms with van der Waals surface area (Å²) in [5.74, 6) is -0.872. The minimum Gasteiger partial charge on any atom is -0.494 e. The Bertz CT molecular complexity index is 762. The lowest BCUT2D eigenvalue weighted by Gasteiger charge is -2.34. The van der Waals surface area contributed by atoms with Crippen molar-refractivity contribution in [3.8, 4) is 5.75 Å². The van der Waals surface area contributed by atoms with Crippen LogP contribution >= 0.6 is 0 Å². The molecular weight excluding hydrogens is 309 g/mol. The molecule has 24 heavy (non-hydrogen) atoms. The van der Waals surface area contributed by atoms with Crippen molar-refractivity contribution in [2.75, 3.05) is 13.7 Å². The number of halogens is 1.